The lowest BCUT2D eigenvalue weighted by atomic mass is 10.1. The van der Waals surface area contributed by atoms with Crippen LogP contribution in [-0.4, -0.2) is 20.8 Å². The first-order valence-electron chi connectivity index (χ1n) is 8.21. The maximum Gasteiger partial charge on any atom is 0.324 e. The van der Waals surface area contributed by atoms with Gasteiger partial charge in [0, 0.05) is 30.2 Å². The lowest BCUT2D eigenvalue weighted by molar-refractivity contribution is 0.262. The molecule has 2 aromatic heterocycles. The summed E-state index contributed by atoms with van der Waals surface area (Å²) in [5.74, 6) is 0.668. The van der Waals surface area contributed by atoms with E-state index >= 15 is 0 Å². The predicted octanol–water partition coefficient (Wildman–Crippen LogP) is 4.09. The number of nitrogens with one attached hydrogen (secondary N) is 2. The third-order valence-corrected chi connectivity index (χ3v) is 3.77. The third-order valence-electron chi connectivity index (χ3n) is 3.77. The molecule has 0 aliphatic heterocycles. The summed E-state index contributed by atoms with van der Waals surface area (Å²) >= 11 is 0. The molecule has 3 rings (SSSR count). The van der Waals surface area contributed by atoms with Crippen molar-refractivity contribution in [3.05, 3.63) is 72.2 Å². The zero-order valence-corrected chi connectivity index (χ0v) is 14.3. The van der Waals surface area contributed by atoms with Gasteiger partial charge in [-0.25, -0.2) is 9.48 Å². The number of hydrogen-bond donors (Lipinski definition) is 2. The van der Waals surface area contributed by atoms with Gasteiger partial charge in [-0.2, -0.15) is 5.10 Å². The van der Waals surface area contributed by atoms with Crippen LogP contribution in [0.5, 0.6) is 0 Å². The minimum atomic E-state index is -0.288. The van der Waals surface area contributed by atoms with Crippen LogP contribution in [0.4, 0.5) is 16.3 Å². The van der Waals surface area contributed by atoms with E-state index in [2.05, 4.69) is 20.7 Å². The van der Waals surface area contributed by atoms with E-state index in [0.29, 0.717) is 5.82 Å². The average Bonchev–Trinajstić information content (AvgIpc) is 3.06. The molecule has 0 bridgehead atoms. The summed E-state index contributed by atoms with van der Waals surface area (Å²) in [5, 5.41) is 9.85. The first kappa shape index (κ1) is 16.7. The Morgan fingerprint density at radius 3 is 2.32 bits per heavy atom. The van der Waals surface area contributed by atoms with Crippen molar-refractivity contribution in [2.24, 2.45) is 0 Å². The smallest absolute Gasteiger partial charge is 0.308 e. The van der Waals surface area contributed by atoms with Gasteiger partial charge in [-0.15, -0.1) is 0 Å². The van der Waals surface area contributed by atoms with Crippen molar-refractivity contribution >= 4 is 17.5 Å². The summed E-state index contributed by atoms with van der Waals surface area (Å²) in [5.41, 5.74) is 3.12. The molecule has 2 amide bonds. The molecule has 0 aliphatic rings. The van der Waals surface area contributed by atoms with Gasteiger partial charge in [-0.05, 0) is 55.7 Å². The minimum absolute atomic E-state index is 0.178. The fraction of sp³-hybridized carbons (Fsp3) is 0.211. The molecule has 1 aromatic carbocycles. The van der Waals surface area contributed by atoms with Crippen LogP contribution in [0.3, 0.4) is 0 Å². The number of pyridine rings is 1. The number of nitrogens with zero attached hydrogens (tertiary/aromatic N) is 3. The maximum absolute atomic E-state index is 12.2. The lowest BCUT2D eigenvalue weighted by Crippen LogP contribution is -2.22. The number of hydrogen-bond acceptors (Lipinski definition) is 3. The highest BCUT2D eigenvalue weighted by molar-refractivity contribution is 5.99. The molecular weight excluding hydrogens is 314 g/mol. The Hall–Kier alpha value is -3.15. The van der Waals surface area contributed by atoms with Crippen LogP contribution in [0.2, 0.25) is 0 Å². The molecule has 25 heavy (non-hydrogen) atoms. The van der Waals surface area contributed by atoms with Crippen LogP contribution in [0.15, 0.2) is 61.1 Å². The van der Waals surface area contributed by atoms with Gasteiger partial charge in [0.25, 0.3) is 0 Å². The predicted molar refractivity (Wildman–Crippen MR) is 98.7 cm³/mol. The van der Waals surface area contributed by atoms with Gasteiger partial charge in [0.1, 0.15) is 5.82 Å². The molecule has 6 heteroatoms. The van der Waals surface area contributed by atoms with Gasteiger partial charge in [0.05, 0.1) is 6.20 Å². The standard InChI is InChI=1S/C19H21N5O/c1-14(2)24-18(9-12-21-24)23-19(25)22-17-5-3-15(4-6-17)13-16-7-10-20-11-8-16/h3-12,14H,13H2,1-2H3,(H2,22,23,25). The molecule has 0 atom stereocenters. The largest absolute Gasteiger partial charge is 0.324 e. The van der Waals surface area contributed by atoms with Crippen LogP contribution in [0, 0.1) is 0 Å². The number of carbonyl (C=O) groups excluding carboxylic acids is 1. The monoisotopic (exact) mass is 335 g/mol. The molecule has 0 radical (unpaired) electrons. The maximum atomic E-state index is 12.2. The Bertz CT molecular complexity index is 825. The molecular formula is C19H21N5O. The number of amides is 2. The van der Waals surface area contributed by atoms with Crippen LogP contribution in [0.1, 0.15) is 31.0 Å². The minimum Gasteiger partial charge on any atom is -0.308 e. The molecule has 0 aliphatic carbocycles. The van der Waals surface area contributed by atoms with E-state index in [1.54, 1.807) is 29.3 Å². The first-order chi connectivity index (χ1) is 12.1. The Morgan fingerprint density at radius 2 is 1.64 bits per heavy atom. The van der Waals surface area contributed by atoms with E-state index in [-0.39, 0.29) is 12.1 Å². The van der Waals surface area contributed by atoms with Gasteiger partial charge < -0.3 is 5.32 Å². The molecule has 2 heterocycles. The molecule has 0 saturated carbocycles. The van der Waals surface area contributed by atoms with E-state index in [9.17, 15) is 4.79 Å². The van der Waals surface area contributed by atoms with Crippen molar-refractivity contribution in [3.8, 4) is 0 Å². The fourth-order valence-corrected chi connectivity index (χ4v) is 2.55. The Balaban J connectivity index is 1.59. The number of benzene rings is 1. The zero-order valence-electron chi connectivity index (χ0n) is 14.3. The second kappa shape index (κ2) is 7.61. The van der Waals surface area contributed by atoms with Crippen LogP contribution in [-0.2, 0) is 6.42 Å². The Labute approximate surface area is 146 Å². The van der Waals surface area contributed by atoms with Crippen molar-refractivity contribution in [1.82, 2.24) is 14.8 Å². The summed E-state index contributed by atoms with van der Waals surface area (Å²) in [6.07, 6.45) is 6.08. The molecule has 6 nitrogen and oxygen atoms in total. The number of urea groups is 1. The van der Waals surface area contributed by atoms with Crippen molar-refractivity contribution in [2.75, 3.05) is 10.6 Å². The molecule has 128 valence electrons. The number of aromatic nitrogens is 3. The third kappa shape index (κ3) is 4.44. The molecule has 2 N–H and O–H groups in total. The van der Waals surface area contributed by atoms with Crippen molar-refractivity contribution in [2.45, 2.75) is 26.3 Å². The average molecular weight is 335 g/mol. The highest BCUT2D eigenvalue weighted by Crippen LogP contribution is 2.15. The molecule has 0 saturated heterocycles. The normalized spacial score (nSPS) is 10.7. The van der Waals surface area contributed by atoms with E-state index in [1.165, 1.54) is 11.1 Å². The van der Waals surface area contributed by atoms with E-state index < -0.39 is 0 Å². The molecule has 3 aromatic rings. The molecule has 0 fully saturated rings. The SMILES string of the molecule is CC(C)n1nccc1NC(=O)Nc1ccc(Cc2ccncc2)cc1. The highest BCUT2D eigenvalue weighted by atomic mass is 16.2. The van der Waals surface area contributed by atoms with Gasteiger partial charge in [-0.1, -0.05) is 12.1 Å². The Kier molecular flexibility index (Phi) is 5.09. The highest BCUT2D eigenvalue weighted by Gasteiger charge is 2.09. The van der Waals surface area contributed by atoms with E-state index in [4.69, 9.17) is 0 Å². The topological polar surface area (TPSA) is 71.8 Å². The van der Waals surface area contributed by atoms with E-state index in [0.717, 1.165) is 12.1 Å². The van der Waals surface area contributed by atoms with Crippen molar-refractivity contribution < 1.29 is 4.79 Å². The summed E-state index contributed by atoms with van der Waals surface area (Å²) in [4.78, 5) is 16.2. The van der Waals surface area contributed by atoms with Crippen LogP contribution >= 0.6 is 0 Å². The van der Waals surface area contributed by atoms with Gasteiger partial charge in [-0.3, -0.25) is 10.3 Å². The van der Waals surface area contributed by atoms with Gasteiger partial charge >= 0.3 is 6.03 Å². The fourth-order valence-electron chi connectivity index (χ4n) is 2.55. The summed E-state index contributed by atoms with van der Waals surface area (Å²) in [7, 11) is 0. The van der Waals surface area contributed by atoms with Crippen LogP contribution in [0.25, 0.3) is 0 Å². The summed E-state index contributed by atoms with van der Waals surface area (Å²) in [6.45, 7) is 4.02. The second-order valence-corrected chi connectivity index (χ2v) is 6.06. The molecule has 0 spiro atoms. The van der Waals surface area contributed by atoms with Crippen LogP contribution < -0.4 is 10.6 Å². The second-order valence-electron chi connectivity index (χ2n) is 6.06. The number of rotatable bonds is 5. The molecule has 0 unspecified atom stereocenters. The first-order valence-corrected chi connectivity index (χ1v) is 8.21. The summed E-state index contributed by atoms with van der Waals surface area (Å²) in [6, 6.07) is 13.5. The quantitative estimate of drug-likeness (QED) is 0.737. The van der Waals surface area contributed by atoms with E-state index in [1.807, 2.05) is 50.2 Å². The van der Waals surface area contributed by atoms with Gasteiger partial charge in [0.15, 0.2) is 0 Å². The van der Waals surface area contributed by atoms with Crippen molar-refractivity contribution in [1.29, 1.82) is 0 Å². The zero-order chi connectivity index (χ0) is 17.6. The Morgan fingerprint density at radius 1 is 0.960 bits per heavy atom. The summed E-state index contributed by atoms with van der Waals surface area (Å²) < 4.78 is 1.76. The number of carbonyl (C=O) groups is 1. The van der Waals surface area contributed by atoms with Gasteiger partial charge in [0.2, 0.25) is 0 Å². The lowest BCUT2D eigenvalue weighted by Gasteiger charge is -2.12. The number of anilines is 2. The van der Waals surface area contributed by atoms with Crippen molar-refractivity contribution in [3.63, 3.8) is 0 Å².